The predicted octanol–water partition coefficient (Wildman–Crippen LogP) is 1.79. The van der Waals surface area contributed by atoms with Crippen LogP contribution < -0.4 is 0 Å². The molecule has 0 spiro atoms. The van der Waals surface area contributed by atoms with Crippen molar-refractivity contribution in [3.63, 3.8) is 0 Å². The third-order valence-electron chi connectivity index (χ3n) is 1.99. The average molecular weight is 124 g/mol. The van der Waals surface area contributed by atoms with Crippen LogP contribution in [-0.2, 0) is 4.79 Å². The van der Waals surface area contributed by atoms with E-state index in [4.69, 9.17) is 0 Å². The van der Waals surface area contributed by atoms with Crippen molar-refractivity contribution >= 4 is 6.29 Å². The normalized spacial score (nSPS) is 34.3. The Hall–Kier alpha value is -0.590. The van der Waals surface area contributed by atoms with Gasteiger partial charge in [0.25, 0.3) is 0 Å². The Labute approximate surface area is 55.8 Å². The lowest BCUT2D eigenvalue weighted by molar-refractivity contribution is -0.112. The zero-order chi connectivity index (χ0) is 6.69. The van der Waals surface area contributed by atoms with Crippen LogP contribution >= 0.6 is 0 Å². The van der Waals surface area contributed by atoms with E-state index in [2.05, 4.69) is 19.1 Å². The van der Waals surface area contributed by atoms with Gasteiger partial charge in [0.05, 0.1) is 0 Å². The van der Waals surface area contributed by atoms with Crippen molar-refractivity contribution in [1.82, 2.24) is 0 Å². The van der Waals surface area contributed by atoms with E-state index in [0.717, 1.165) is 19.1 Å². The highest BCUT2D eigenvalue weighted by atomic mass is 16.1. The molecule has 1 nitrogen and oxygen atoms in total. The summed E-state index contributed by atoms with van der Waals surface area (Å²) >= 11 is 0. The average Bonchev–Trinajstić information content (AvgIpc) is 1.89. The van der Waals surface area contributed by atoms with Crippen LogP contribution in [0.1, 0.15) is 19.8 Å². The molecule has 0 radical (unpaired) electrons. The van der Waals surface area contributed by atoms with Crippen molar-refractivity contribution in [2.75, 3.05) is 0 Å². The molecule has 1 aliphatic carbocycles. The first-order valence-electron chi connectivity index (χ1n) is 3.45. The summed E-state index contributed by atoms with van der Waals surface area (Å²) in [7, 11) is 0. The molecule has 0 aromatic carbocycles. The minimum Gasteiger partial charge on any atom is -0.303 e. The van der Waals surface area contributed by atoms with Gasteiger partial charge in [-0.1, -0.05) is 19.1 Å². The Morgan fingerprint density at radius 2 is 2.11 bits per heavy atom. The van der Waals surface area contributed by atoms with E-state index in [9.17, 15) is 4.79 Å². The number of hydrogen-bond donors (Lipinski definition) is 0. The molecular formula is C8H12O. The van der Waals surface area contributed by atoms with Crippen molar-refractivity contribution in [2.45, 2.75) is 19.8 Å². The molecule has 9 heavy (non-hydrogen) atoms. The molecule has 0 N–H and O–H groups in total. The molecule has 0 aliphatic heterocycles. The number of carbonyl (C=O) groups excluding carboxylic acids is 1. The first-order valence-corrected chi connectivity index (χ1v) is 3.45. The lowest BCUT2D eigenvalue weighted by Gasteiger charge is -2.18. The van der Waals surface area contributed by atoms with Gasteiger partial charge in [-0.3, -0.25) is 0 Å². The maximum absolute atomic E-state index is 10.3. The lowest BCUT2D eigenvalue weighted by Crippen LogP contribution is -2.14. The minimum absolute atomic E-state index is 0.287. The van der Waals surface area contributed by atoms with Gasteiger partial charge in [-0.25, -0.2) is 0 Å². The van der Waals surface area contributed by atoms with Crippen LogP contribution in [0.2, 0.25) is 0 Å². The van der Waals surface area contributed by atoms with Crippen LogP contribution in [0.25, 0.3) is 0 Å². The summed E-state index contributed by atoms with van der Waals surface area (Å²) in [6.07, 6.45) is 7.35. The van der Waals surface area contributed by atoms with Gasteiger partial charge >= 0.3 is 0 Å². The highest BCUT2D eigenvalue weighted by Crippen LogP contribution is 2.22. The molecule has 50 valence electrons. The van der Waals surface area contributed by atoms with Crippen molar-refractivity contribution in [2.24, 2.45) is 11.8 Å². The molecular weight excluding hydrogens is 112 g/mol. The lowest BCUT2D eigenvalue weighted by atomic mass is 9.86. The van der Waals surface area contributed by atoms with E-state index in [1.54, 1.807) is 0 Å². The molecule has 1 rings (SSSR count). The fraction of sp³-hybridized carbons (Fsp3) is 0.625. The topological polar surface area (TPSA) is 17.1 Å². The molecule has 1 aliphatic rings. The second-order valence-corrected chi connectivity index (χ2v) is 2.72. The molecule has 0 aromatic heterocycles. The van der Waals surface area contributed by atoms with Gasteiger partial charge in [0.1, 0.15) is 6.29 Å². The van der Waals surface area contributed by atoms with E-state index in [-0.39, 0.29) is 5.92 Å². The Morgan fingerprint density at radius 3 is 2.56 bits per heavy atom. The highest BCUT2D eigenvalue weighted by Gasteiger charge is 2.16. The predicted molar refractivity (Wildman–Crippen MR) is 37.1 cm³/mol. The van der Waals surface area contributed by atoms with E-state index >= 15 is 0 Å². The summed E-state index contributed by atoms with van der Waals surface area (Å²) in [5, 5.41) is 0. The maximum Gasteiger partial charge on any atom is 0.123 e. The van der Waals surface area contributed by atoms with Gasteiger partial charge in [-0.15, -0.1) is 0 Å². The van der Waals surface area contributed by atoms with Gasteiger partial charge in [0.15, 0.2) is 0 Å². The summed E-state index contributed by atoms with van der Waals surface area (Å²) in [6.45, 7) is 2.13. The Bertz CT molecular complexity index is 127. The van der Waals surface area contributed by atoms with Crippen molar-refractivity contribution in [3.05, 3.63) is 12.2 Å². The molecule has 2 atom stereocenters. The van der Waals surface area contributed by atoms with Crippen LogP contribution in [0.5, 0.6) is 0 Å². The fourth-order valence-electron chi connectivity index (χ4n) is 1.16. The van der Waals surface area contributed by atoms with E-state index < -0.39 is 0 Å². The second kappa shape index (κ2) is 2.81. The summed E-state index contributed by atoms with van der Waals surface area (Å²) in [5.41, 5.74) is 0. The second-order valence-electron chi connectivity index (χ2n) is 2.72. The Morgan fingerprint density at radius 1 is 1.44 bits per heavy atom. The zero-order valence-electron chi connectivity index (χ0n) is 5.71. The number of hydrogen-bond acceptors (Lipinski definition) is 1. The quantitative estimate of drug-likeness (QED) is 0.384. The zero-order valence-corrected chi connectivity index (χ0v) is 5.71. The summed E-state index contributed by atoms with van der Waals surface area (Å²) < 4.78 is 0. The van der Waals surface area contributed by atoms with Gasteiger partial charge in [0.2, 0.25) is 0 Å². The fourth-order valence-corrected chi connectivity index (χ4v) is 1.16. The maximum atomic E-state index is 10.3. The van der Waals surface area contributed by atoms with Crippen LogP contribution in [0.4, 0.5) is 0 Å². The number of carbonyl (C=O) groups is 1. The molecule has 0 saturated carbocycles. The smallest absolute Gasteiger partial charge is 0.123 e. The van der Waals surface area contributed by atoms with Crippen LogP contribution in [-0.4, -0.2) is 6.29 Å². The molecule has 0 aromatic rings. The van der Waals surface area contributed by atoms with Crippen molar-refractivity contribution in [1.29, 1.82) is 0 Å². The van der Waals surface area contributed by atoms with E-state index in [1.165, 1.54) is 0 Å². The first-order chi connectivity index (χ1) is 4.34. The summed E-state index contributed by atoms with van der Waals surface area (Å²) in [6, 6.07) is 0. The van der Waals surface area contributed by atoms with Gasteiger partial charge in [-0.05, 0) is 18.8 Å². The van der Waals surface area contributed by atoms with Crippen LogP contribution in [0, 0.1) is 11.8 Å². The molecule has 0 saturated heterocycles. The van der Waals surface area contributed by atoms with Crippen molar-refractivity contribution < 1.29 is 4.79 Å². The minimum atomic E-state index is 0.287. The molecule has 0 amide bonds. The summed E-state index contributed by atoms with van der Waals surface area (Å²) in [5.74, 6) is 0.850. The van der Waals surface area contributed by atoms with Gasteiger partial charge in [-0.2, -0.15) is 0 Å². The monoisotopic (exact) mass is 124 g/mol. The van der Waals surface area contributed by atoms with Gasteiger partial charge < -0.3 is 4.79 Å². The van der Waals surface area contributed by atoms with E-state index in [0.29, 0.717) is 5.92 Å². The standard InChI is InChI=1S/C8H12O/c1-7-4-2-3-5-8(7)6-9/h2-3,6-8H,4-5H2,1H3/t7-,8-/m0/s1. The Kier molecular flexibility index (Phi) is 2.04. The SMILES string of the molecule is C[C@H]1CC=CC[C@H]1C=O. The van der Waals surface area contributed by atoms with Gasteiger partial charge in [0, 0.05) is 5.92 Å². The first kappa shape index (κ1) is 6.53. The Balaban J connectivity index is 2.52. The number of aldehydes is 1. The van der Waals surface area contributed by atoms with Crippen LogP contribution in [0.3, 0.4) is 0 Å². The third-order valence-corrected chi connectivity index (χ3v) is 1.99. The highest BCUT2D eigenvalue weighted by molar-refractivity contribution is 5.54. The van der Waals surface area contributed by atoms with Crippen molar-refractivity contribution in [3.8, 4) is 0 Å². The summed E-state index contributed by atoms with van der Waals surface area (Å²) in [4.78, 5) is 10.3. The van der Waals surface area contributed by atoms with E-state index in [1.807, 2.05) is 0 Å². The molecule has 0 heterocycles. The molecule has 1 heteroatoms. The largest absolute Gasteiger partial charge is 0.303 e. The third kappa shape index (κ3) is 1.41. The molecule has 0 unspecified atom stereocenters. The number of allylic oxidation sites excluding steroid dienone is 2. The number of rotatable bonds is 1. The molecule has 0 fully saturated rings. The van der Waals surface area contributed by atoms with Crippen LogP contribution in [0.15, 0.2) is 12.2 Å². The molecule has 0 bridgehead atoms.